The third kappa shape index (κ3) is 7.07. The molecule has 1 saturated heterocycles. The highest BCUT2D eigenvalue weighted by atomic mass is 35.5. The van der Waals surface area contributed by atoms with Crippen LogP contribution >= 0.6 is 35.6 Å². The lowest BCUT2D eigenvalue weighted by Crippen LogP contribution is -2.29. The molecule has 1 amide bonds. The number of nitrogens with zero attached hydrogens (tertiary/aromatic N) is 3. The van der Waals surface area contributed by atoms with Gasteiger partial charge in [0.1, 0.15) is 21.8 Å². The summed E-state index contributed by atoms with van der Waals surface area (Å²) in [5.74, 6) is 0.436. The molecule has 2 heterocycles. The third-order valence-corrected chi connectivity index (χ3v) is 8.36. The van der Waals surface area contributed by atoms with Crippen molar-refractivity contribution in [2.75, 3.05) is 11.9 Å². The van der Waals surface area contributed by atoms with Gasteiger partial charge in [-0.1, -0.05) is 99.7 Å². The van der Waals surface area contributed by atoms with Crippen LogP contribution in [0, 0.1) is 18.3 Å². The summed E-state index contributed by atoms with van der Waals surface area (Å²) in [7, 11) is 0. The van der Waals surface area contributed by atoms with Crippen LogP contribution in [0.1, 0.15) is 81.0 Å². The van der Waals surface area contributed by atoms with Crippen LogP contribution in [0.3, 0.4) is 0 Å². The molecule has 1 N–H and O–H groups in total. The maximum atomic E-state index is 13.3. The second kappa shape index (κ2) is 14.5. The lowest BCUT2D eigenvalue weighted by atomic mass is 10.0. The van der Waals surface area contributed by atoms with Gasteiger partial charge < -0.3 is 5.32 Å². The summed E-state index contributed by atoms with van der Waals surface area (Å²) >= 11 is 13.2. The number of pyridine rings is 1. The lowest BCUT2D eigenvalue weighted by Gasteiger charge is -2.20. The molecule has 1 aromatic carbocycles. The van der Waals surface area contributed by atoms with Gasteiger partial charge in [-0.25, -0.2) is 0 Å². The number of anilines is 1. The number of carbonyl (C=O) groups excluding carboxylic acids is 1. The van der Waals surface area contributed by atoms with E-state index in [1.165, 1.54) is 31.0 Å². The Morgan fingerprint density at radius 3 is 2.47 bits per heavy atom. The second-order valence-electron chi connectivity index (χ2n) is 9.38. The standard InChI is InChI=1S/C29H35ClN4O2S2/c1-4-6-7-8-9-12-16-34-28(36)25(38-29(34)37)17-22-20(3)23(18-31)27(35)33(15-5-2)26(22)32-19-21-13-10-11-14-24(21)30/h10-11,13-14,17,32H,4-9,12,15-16,19H2,1-3H3/b25-17+. The first-order chi connectivity index (χ1) is 18.3. The van der Waals surface area contributed by atoms with Crippen molar-refractivity contribution < 1.29 is 4.79 Å². The van der Waals surface area contributed by atoms with E-state index in [0.29, 0.717) is 57.2 Å². The van der Waals surface area contributed by atoms with E-state index in [1.807, 2.05) is 31.2 Å². The van der Waals surface area contributed by atoms with Gasteiger partial charge in [-0.2, -0.15) is 5.26 Å². The van der Waals surface area contributed by atoms with Crippen molar-refractivity contribution in [1.29, 1.82) is 5.26 Å². The summed E-state index contributed by atoms with van der Waals surface area (Å²) in [6.45, 7) is 7.33. The Bertz CT molecular complexity index is 1310. The van der Waals surface area contributed by atoms with Gasteiger partial charge in [0.2, 0.25) is 0 Å². The fraction of sp³-hybridized carbons (Fsp3) is 0.448. The molecule has 0 unspecified atom stereocenters. The van der Waals surface area contributed by atoms with Gasteiger partial charge in [0.25, 0.3) is 11.5 Å². The molecule has 0 atom stereocenters. The topological polar surface area (TPSA) is 78.1 Å². The first-order valence-electron chi connectivity index (χ1n) is 13.2. The van der Waals surface area contributed by atoms with Gasteiger partial charge in [-0.3, -0.25) is 19.1 Å². The number of hydrogen-bond donors (Lipinski definition) is 1. The predicted octanol–water partition coefficient (Wildman–Crippen LogP) is 7.27. The van der Waals surface area contributed by atoms with Crippen LogP contribution in [0.25, 0.3) is 6.08 Å². The molecule has 1 fully saturated rings. The average Bonchev–Trinajstić information content (AvgIpc) is 3.17. The number of carbonyl (C=O) groups is 1. The van der Waals surface area contributed by atoms with E-state index < -0.39 is 0 Å². The molecular formula is C29H35ClN4O2S2. The van der Waals surface area contributed by atoms with Gasteiger partial charge >= 0.3 is 0 Å². The molecule has 0 bridgehead atoms. The molecule has 0 spiro atoms. The zero-order valence-corrected chi connectivity index (χ0v) is 24.7. The van der Waals surface area contributed by atoms with Crippen LogP contribution in [-0.2, 0) is 17.9 Å². The van der Waals surface area contributed by atoms with Crippen molar-refractivity contribution in [3.8, 4) is 6.07 Å². The first kappa shape index (κ1) is 29.9. The molecule has 2 aromatic rings. The lowest BCUT2D eigenvalue weighted by molar-refractivity contribution is -0.122. The number of rotatable bonds is 13. The Morgan fingerprint density at radius 2 is 1.79 bits per heavy atom. The minimum absolute atomic E-state index is 0.0792. The number of thioether (sulfide) groups is 1. The number of benzene rings is 1. The summed E-state index contributed by atoms with van der Waals surface area (Å²) < 4.78 is 2.13. The molecule has 1 aliphatic heterocycles. The van der Waals surface area contributed by atoms with Crippen LogP contribution in [0.4, 0.5) is 5.82 Å². The fourth-order valence-corrected chi connectivity index (χ4v) is 5.98. The number of amides is 1. The first-order valence-corrected chi connectivity index (χ1v) is 14.8. The van der Waals surface area contributed by atoms with E-state index >= 15 is 0 Å². The van der Waals surface area contributed by atoms with E-state index in [0.717, 1.165) is 24.8 Å². The fourth-order valence-electron chi connectivity index (χ4n) is 4.49. The third-order valence-electron chi connectivity index (χ3n) is 6.61. The SMILES string of the molecule is CCCCCCCCN1C(=O)/C(=C\c2c(C)c(C#N)c(=O)n(CCC)c2NCc2ccccc2Cl)SC1=S. The largest absolute Gasteiger partial charge is 0.367 e. The number of aromatic nitrogens is 1. The summed E-state index contributed by atoms with van der Waals surface area (Å²) in [6.07, 6.45) is 9.27. The zero-order valence-electron chi connectivity index (χ0n) is 22.3. The van der Waals surface area contributed by atoms with Crippen LogP contribution in [0.5, 0.6) is 0 Å². The molecule has 0 saturated carbocycles. The number of unbranched alkanes of at least 4 members (excludes halogenated alkanes) is 5. The van der Waals surface area contributed by atoms with Gasteiger partial charge in [0.15, 0.2) is 0 Å². The van der Waals surface area contributed by atoms with E-state index in [-0.39, 0.29) is 17.0 Å². The Morgan fingerprint density at radius 1 is 1.08 bits per heavy atom. The van der Waals surface area contributed by atoms with Crippen LogP contribution in [0.15, 0.2) is 34.0 Å². The smallest absolute Gasteiger partial charge is 0.270 e. The molecule has 9 heteroatoms. The highest BCUT2D eigenvalue weighted by molar-refractivity contribution is 8.26. The zero-order chi connectivity index (χ0) is 27.7. The Hall–Kier alpha value is -2.60. The van der Waals surface area contributed by atoms with Gasteiger partial charge in [-0.15, -0.1) is 0 Å². The van der Waals surface area contributed by atoms with Crippen molar-refractivity contribution in [2.24, 2.45) is 0 Å². The normalized spacial score (nSPS) is 14.4. The predicted molar refractivity (Wildman–Crippen MR) is 162 cm³/mol. The summed E-state index contributed by atoms with van der Waals surface area (Å²) in [5, 5.41) is 13.8. The summed E-state index contributed by atoms with van der Waals surface area (Å²) in [5.41, 5.74) is 1.79. The quantitative estimate of drug-likeness (QED) is 0.155. The highest BCUT2D eigenvalue weighted by Crippen LogP contribution is 2.35. The average molecular weight is 571 g/mol. The number of halogens is 1. The minimum Gasteiger partial charge on any atom is -0.367 e. The van der Waals surface area contributed by atoms with Crippen molar-refractivity contribution in [3.05, 3.63) is 66.8 Å². The van der Waals surface area contributed by atoms with Crippen molar-refractivity contribution >= 4 is 57.7 Å². The minimum atomic E-state index is -0.346. The van der Waals surface area contributed by atoms with Gasteiger partial charge in [-0.05, 0) is 43.0 Å². The highest BCUT2D eigenvalue weighted by Gasteiger charge is 2.32. The van der Waals surface area contributed by atoms with Crippen molar-refractivity contribution in [1.82, 2.24) is 9.47 Å². The molecule has 1 aliphatic rings. The number of nitrogens with one attached hydrogen (secondary N) is 1. The number of hydrogen-bond acceptors (Lipinski definition) is 6. The van der Waals surface area contributed by atoms with E-state index in [2.05, 4.69) is 18.3 Å². The molecule has 6 nitrogen and oxygen atoms in total. The van der Waals surface area contributed by atoms with Gasteiger partial charge in [0.05, 0.1) is 4.91 Å². The molecule has 0 aliphatic carbocycles. The Balaban J connectivity index is 1.96. The van der Waals surface area contributed by atoms with Crippen LogP contribution in [-0.4, -0.2) is 26.2 Å². The monoisotopic (exact) mass is 570 g/mol. The molecule has 202 valence electrons. The maximum Gasteiger partial charge on any atom is 0.270 e. The van der Waals surface area contributed by atoms with Crippen molar-refractivity contribution in [2.45, 2.75) is 78.8 Å². The van der Waals surface area contributed by atoms with E-state index in [4.69, 9.17) is 23.8 Å². The molecule has 0 radical (unpaired) electrons. The molecular weight excluding hydrogens is 536 g/mol. The van der Waals surface area contributed by atoms with Crippen LogP contribution in [0.2, 0.25) is 5.02 Å². The van der Waals surface area contributed by atoms with E-state index in [9.17, 15) is 14.9 Å². The molecule has 3 rings (SSSR count). The summed E-state index contributed by atoms with van der Waals surface area (Å²) in [4.78, 5) is 28.7. The molecule has 1 aromatic heterocycles. The Kier molecular flexibility index (Phi) is 11.4. The van der Waals surface area contributed by atoms with Gasteiger partial charge in [0, 0.05) is 30.2 Å². The van der Waals surface area contributed by atoms with E-state index in [1.54, 1.807) is 22.5 Å². The Labute approximate surface area is 240 Å². The number of nitriles is 1. The van der Waals surface area contributed by atoms with Crippen LogP contribution < -0.4 is 10.9 Å². The number of thiocarbonyl (C=S) groups is 1. The summed E-state index contributed by atoms with van der Waals surface area (Å²) in [6, 6.07) is 9.58. The molecule has 38 heavy (non-hydrogen) atoms. The second-order valence-corrected chi connectivity index (χ2v) is 11.5. The van der Waals surface area contributed by atoms with Crippen molar-refractivity contribution in [3.63, 3.8) is 0 Å². The maximum absolute atomic E-state index is 13.3.